The maximum Gasteiger partial charge on any atom is 0.0207 e. The van der Waals surface area contributed by atoms with E-state index in [4.69, 9.17) is 0 Å². The van der Waals surface area contributed by atoms with E-state index in [-0.39, 0.29) is 0 Å². The number of likely N-dealkylation sites (tertiary alicyclic amines) is 1. The van der Waals surface area contributed by atoms with Crippen molar-refractivity contribution in [1.82, 2.24) is 10.2 Å². The van der Waals surface area contributed by atoms with Crippen LogP contribution in [0.25, 0.3) is 0 Å². The summed E-state index contributed by atoms with van der Waals surface area (Å²) in [4.78, 5) is 2.80. The van der Waals surface area contributed by atoms with Gasteiger partial charge in [-0.2, -0.15) is 0 Å². The highest BCUT2D eigenvalue weighted by Crippen LogP contribution is 2.34. The van der Waals surface area contributed by atoms with Gasteiger partial charge in [0.2, 0.25) is 0 Å². The highest BCUT2D eigenvalue weighted by molar-refractivity contribution is 4.91. The normalized spacial score (nSPS) is 34.3. The van der Waals surface area contributed by atoms with E-state index in [0.29, 0.717) is 0 Å². The first-order valence-electron chi connectivity index (χ1n) is 8.19. The lowest BCUT2D eigenvalue weighted by atomic mass is 9.77. The molecule has 3 unspecified atom stereocenters. The molecule has 1 heterocycles. The molecule has 0 amide bonds. The van der Waals surface area contributed by atoms with Gasteiger partial charge in [0.05, 0.1) is 0 Å². The van der Waals surface area contributed by atoms with E-state index < -0.39 is 0 Å². The molecule has 2 heteroatoms. The van der Waals surface area contributed by atoms with Gasteiger partial charge in [0.1, 0.15) is 0 Å². The molecule has 2 aliphatic rings. The summed E-state index contributed by atoms with van der Waals surface area (Å²) in [5.74, 6) is 1.81. The molecule has 0 aromatic rings. The smallest absolute Gasteiger partial charge is 0.0207 e. The van der Waals surface area contributed by atoms with Crippen molar-refractivity contribution in [3.63, 3.8) is 0 Å². The average Bonchev–Trinajstić information content (AvgIpc) is 2.85. The molecule has 0 radical (unpaired) electrons. The third-order valence-electron chi connectivity index (χ3n) is 5.01. The highest BCUT2D eigenvalue weighted by Gasteiger charge is 2.35. The molecule has 1 saturated carbocycles. The summed E-state index contributed by atoms with van der Waals surface area (Å²) in [6.45, 7) is 10.9. The lowest BCUT2D eigenvalue weighted by molar-refractivity contribution is 0.0968. The first-order valence-corrected chi connectivity index (χ1v) is 8.19. The van der Waals surface area contributed by atoms with Gasteiger partial charge in [-0.3, -0.25) is 4.90 Å². The Bertz CT molecular complexity index is 239. The third kappa shape index (κ3) is 3.48. The van der Waals surface area contributed by atoms with Crippen molar-refractivity contribution < 1.29 is 0 Å². The molecule has 2 rings (SSSR count). The predicted octanol–water partition coefficient (Wildman–Crippen LogP) is 3.28. The Balaban J connectivity index is 1.86. The second kappa shape index (κ2) is 6.91. The SMILES string of the molecule is CCCNC1CCN(C2CCCCC2C(C)C)C1. The summed E-state index contributed by atoms with van der Waals surface area (Å²) in [6, 6.07) is 1.65. The Morgan fingerprint density at radius 1 is 1.17 bits per heavy atom. The summed E-state index contributed by atoms with van der Waals surface area (Å²) < 4.78 is 0. The minimum atomic E-state index is 0.764. The molecule has 2 fully saturated rings. The Kier molecular flexibility index (Phi) is 5.50. The van der Waals surface area contributed by atoms with Crippen LogP contribution in [-0.2, 0) is 0 Å². The van der Waals surface area contributed by atoms with E-state index >= 15 is 0 Å². The maximum atomic E-state index is 3.70. The van der Waals surface area contributed by atoms with Crippen LogP contribution in [0.2, 0.25) is 0 Å². The van der Waals surface area contributed by atoms with Crippen molar-refractivity contribution in [3.05, 3.63) is 0 Å². The van der Waals surface area contributed by atoms with E-state index in [1.165, 1.54) is 58.2 Å². The van der Waals surface area contributed by atoms with E-state index in [1.54, 1.807) is 0 Å². The van der Waals surface area contributed by atoms with Gasteiger partial charge < -0.3 is 5.32 Å². The number of nitrogens with zero attached hydrogens (tertiary/aromatic N) is 1. The summed E-state index contributed by atoms with van der Waals surface area (Å²) in [6.07, 6.45) is 8.45. The lowest BCUT2D eigenvalue weighted by Crippen LogP contribution is -2.44. The number of nitrogens with one attached hydrogen (secondary N) is 1. The van der Waals surface area contributed by atoms with Crippen LogP contribution < -0.4 is 5.32 Å². The van der Waals surface area contributed by atoms with Crippen molar-refractivity contribution in [2.75, 3.05) is 19.6 Å². The molecular weight excluding hydrogens is 220 g/mol. The standard InChI is InChI=1S/C16H32N2/c1-4-10-17-14-9-11-18(12-14)16-8-6-5-7-15(16)13(2)3/h13-17H,4-12H2,1-3H3. The average molecular weight is 252 g/mol. The second-order valence-corrected chi connectivity index (χ2v) is 6.69. The summed E-state index contributed by atoms with van der Waals surface area (Å²) in [5, 5.41) is 3.70. The molecule has 0 aromatic heterocycles. The maximum absolute atomic E-state index is 3.70. The topological polar surface area (TPSA) is 15.3 Å². The van der Waals surface area contributed by atoms with Gasteiger partial charge in [-0.25, -0.2) is 0 Å². The van der Waals surface area contributed by atoms with E-state index in [2.05, 4.69) is 31.0 Å². The van der Waals surface area contributed by atoms with Crippen LogP contribution in [0.4, 0.5) is 0 Å². The van der Waals surface area contributed by atoms with Crippen LogP contribution in [-0.4, -0.2) is 36.6 Å². The van der Waals surface area contributed by atoms with Crippen LogP contribution in [0.5, 0.6) is 0 Å². The predicted molar refractivity (Wildman–Crippen MR) is 78.9 cm³/mol. The fourth-order valence-corrected chi connectivity index (χ4v) is 3.97. The zero-order valence-electron chi connectivity index (χ0n) is 12.6. The van der Waals surface area contributed by atoms with Crippen LogP contribution >= 0.6 is 0 Å². The van der Waals surface area contributed by atoms with Gasteiger partial charge in [0.25, 0.3) is 0 Å². The Hall–Kier alpha value is -0.0800. The molecule has 2 nitrogen and oxygen atoms in total. The molecule has 1 N–H and O–H groups in total. The van der Waals surface area contributed by atoms with Crippen molar-refractivity contribution in [3.8, 4) is 0 Å². The first kappa shape index (κ1) is 14.3. The van der Waals surface area contributed by atoms with E-state index in [1.807, 2.05) is 0 Å². The Labute approximate surface area is 114 Å². The van der Waals surface area contributed by atoms with Gasteiger partial charge in [-0.05, 0) is 44.1 Å². The van der Waals surface area contributed by atoms with Gasteiger partial charge in [0.15, 0.2) is 0 Å². The van der Waals surface area contributed by atoms with Gasteiger partial charge in [-0.1, -0.05) is 33.6 Å². The van der Waals surface area contributed by atoms with Crippen LogP contribution in [0, 0.1) is 11.8 Å². The number of hydrogen-bond acceptors (Lipinski definition) is 2. The van der Waals surface area contributed by atoms with Gasteiger partial charge >= 0.3 is 0 Å². The van der Waals surface area contributed by atoms with Crippen LogP contribution in [0.1, 0.15) is 59.3 Å². The lowest BCUT2D eigenvalue weighted by Gasteiger charge is -2.40. The minimum absolute atomic E-state index is 0.764. The molecule has 0 spiro atoms. The molecule has 3 atom stereocenters. The minimum Gasteiger partial charge on any atom is -0.313 e. The number of rotatable bonds is 5. The molecule has 1 aliphatic heterocycles. The third-order valence-corrected chi connectivity index (χ3v) is 5.01. The molecular formula is C16H32N2. The highest BCUT2D eigenvalue weighted by atomic mass is 15.2. The quantitative estimate of drug-likeness (QED) is 0.808. The van der Waals surface area contributed by atoms with E-state index in [0.717, 1.165) is 23.9 Å². The van der Waals surface area contributed by atoms with Crippen molar-refractivity contribution >= 4 is 0 Å². The fourth-order valence-electron chi connectivity index (χ4n) is 3.97. The fraction of sp³-hybridized carbons (Fsp3) is 1.00. The molecule has 18 heavy (non-hydrogen) atoms. The van der Waals surface area contributed by atoms with Crippen LogP contribution in [0.3, 0.4) is 0 Å². The van der Waals surface area contributed by atoms with Crippen molar-refractivity contribution in [2.24, 2.45) is 11.8 Å². The molecule has 0 bridgehead atoms. The Morgan fingerprint density at radius 2 is 1.94 bits per heavy atom. The summed E-state index contributed by atoms with van der Waals surface area (Å²) >= 11 is 0. The van der Waals surface area contributed by atoms with Gasteiger partial charge in [0, 0.05) is 25.2 Å². The summed E-state index contributed by atoms with van der Waals surface area (Å²) in [5.41, 5.74) is 0. The first-order chi connectivity index (χ1) is 8.72. The van der Waals surface area contributed by atoms with Crippen molar-refractivity contribution in [1.29, 1.82) is 0 Å². The van der Waals surface area contributed by atoms with Crippen LogP contribution in [0.15, 0.2) is 0 Å². The summed E-state index contributed by atoms with van der Waals surface area (Å²) in [7, 11) is 0. The molecule has 1 aliphatic carbocycles. The molecule has 1 saturated heterocycles. The zero-order valence-corrected chi connectivity index (χ0v) is 12.6. The largest absolute Gasteiger partial charge is 0.313 e. The zero-order chi connectivity index (χ0) is 13.0. The van der Waals surface area contributed by atoms with E-state index in [9.17, 15) is 0 Å². The van der Waals surface area contributed by atoms with Crippen molar-refractivity contribution in [2.45, 2.75) is 71.4 Å². The van der Waals surface area contributed by atoms with Gasteiger partial charge in [-0.15, -0.1) is 0 Å². The number of hydrogen-bond donors (Lipinski definition) is 1. The molecule has 0 aromatic carbocycles. The monoisotopic (exact) mass is 252 g/mol. The molecule has 106 valence electrons. The second-order valence-electron chi connectivity index (χ2n) is 6.69. The Morgan fingerprint density at radius 3 is 2.67 bits per heavy atom.